The summed E-state index contributed by atoms with van der Waals surface area (Å²) in [6.45, 7) is 2.14. The highest BCUT2D eigenvalue weighted by Crippen LogP contribution is 2.24. The average molecular weight is 214 g/mol. The minimum Gasteiger partial charge on any atom is -0.478 e. The normalized spacial score (nSPS) is 10.4. The van der Waals surface area contributed by atoms with Crippen LogP contribution in [0.2, 0.25) is 0 Å². The van der Waals surface area contributed by atoms with Gasteiger partial charge in [-0.15, -0.1) is 0 Å². The summed E-state index contributed by atoms with van der Waals surface area (Å²) in [7, 11) is 0. The van der Waals surface area contributed by atoms with Crippen molar-refractivity contribution in [2.75, 3.05) is 5.75 Å². The van der Waals surface area contributed by atoms with Crippen molar-refractivity contribution < 1.29 is 14.3 Å². The molecule has 1 rings (SSSR count). The van der Waals surface area contributed by atoms with Gasteiger partial charge < -0.3 is 9.52 Å². The maximum absolute atomic E-state index is 10.7. The van der Waals surface area contributed by atoms with Crippen LogP contribution in [0, 0.1) is 0 Å². The van der Waals surface area contributed by atoms with Gasteiger partial charge in [-0.3, -0.25) is 0 Å². The first kappa shape index (κ1) is 11.2. The molecule has 78 valence electrons. The number of rotatable bonds is 6. The molecule has 0 aromatic carbocycles. The summed E-state index contributed by atoms with van der Waals surface area (Å²) in [6.07, 6.45) is 4.87. The fraction of sp³-hybridized carbons (Fsp3) is 0.500. The van der Waals surface area contributed by atoms with Crippen LogP contribution in [0.1, 0.15) is 36.5 Å². The minimum atomic E-state index is -0.920. The number of carboxylic acids is 1. The second-order valence-electron chi connectivity index (χ2n) is 2.98. The van der Waals surface area contributed by atoms with Crippen LogP contribution in [0.3, 0.4) is 0 Å². The fourth-order valence-corrected chi connectivity index (χ4v) is 2.05. The lowest BCUT2D eigenvalue weighted by Gasteiger charge is -1.98. The zero-order valence-electron chi connectivity index (χ0n) is 8.16. The van der Waals surface area contributed by atoms with Gasteiger partial charge in [0.05, 0.1) is 6.26 Å². The van der Waals surface area contributed by atoms with Crippen molar-refractivity contribution in [2.24, 2.45) is 0 Å². The molecule has 0 aliphatic heterocycles. The minimum absolute atomic E-state index is 0.270. The van der Waals surface area contributed by atoms with E-state index in [2.05, 4.69) is 6.92 Å². The third-order valence-electron chi connectivity index (χ3n) is 1.84. The first-order valence-corrected chi connectivity index (χ1v) is 5.68. The van der Waals surface area contributed by atoms with E-state index >= 15 is 0 Å². The molecule has 14 heavy (non-hydrogen) atoms. The van der Waals surface area contributed by atoms with E-state index in [0.29, 0.717) is 5.09 Å². The highest BCUT2D eigenvalue weighted by molar-refractivity contribution is 7.99. The number of furan rings is 1. The van der Waals surface area contributed by atoms with Gasteiger partial charge in [-0.2, -0.15) is 0 Å². The van der Waals surface area contributed by atoms with E-state index in [-0.39, 0.29) is 5.56 Å². The molecule has 0 atom stereocenters. The van der Waals surface area contributed by atoms with Crippen molar-refractivity contribution in [2.45, 2.75) is 31.3 Å². The number of hydrogen-bond donors (Lipinski definition) is 1. The van der Waals surface area contributed by atoms with Gasteiger partial charge in [0.1, 0.15) is 5.56 Å². The van der Waals surface area contributed by atoms with Crippen LogP contribution >= 0.6 is 11.8 Å². The highest BCUT2D eigenvalue weighted by Gasteiger charge is 2.12. The Hall–Kier alpha value is -0.900. The van der Waals surface area contributed by atoms with E-state index in [1.54, 1.807) is 0 Å². The number of carboxylic acid groups (broad SMARTS) is 1. The molecule has 0 saturated heterocycles. The summed E-state index contributed by atoms with van der Waals surface area (Å²) in [5.74, 6) is -0.00140. The number of carbonyl (C=O) groups is 1. The molecule has 0 fully saturated rings. The number of unbranched alkanes of at least 4 members (excludes halogenated alkanes) is 2. The van der Waals surface area contributed by atoms with Gasteiger partial charge >= 0.3 is 5.97 Å². The van der Waals surface area contributed by atoms with Crippen LogP contribution in [-0.2, 0) is 0 Å². The molecule has 0 amide bonds. The average Bonchev–Trinajstić information content (AvgIpc) is 2.60. The largest absolute Gasteiger partial charge is 0.478 e. The first-order valence-electron chi connectivity index (χ1n) is 4.69. The second-order valence-corrected chi connectivity index (χ2v) is 4.05. The first-order chi connectivity index (χ1) is 6.75. The van der Waals surface area contributed by atoms with Crippen molar-refractivity contribution in [1.82, 2.24) is 0 Å². The molecule has 1 aromatic rings. The van der Waals surface area contributed by atoms with Crippen molar-refractivity contribution in [1.29, 1.82) is 0 Å². The molecule has 0 aliphatic carbocycles. The molecule has 0 saturated carbocycles. The van der Waals surface area contributed by atoms with Gasteiger partial charge in [-0.05, 0) is 12.5 Å². The SMILES string of the molecule is CCCCCSc1occc1C(=O)O. The fourth-order valence-electron chi connectivity index (χ4n) is 1.08. The topological polar surface area (TPSA) is 50.4 Å². The van der Waals surface area contributed by atoms with Crippen LogP contribution in [0.15, 0.2) is 21.8 Å². The van der Waals surface area contributed by atoms with Crippen molar-refractivity contribution in [3.8, 4) is 0 Å². The number of hydrogen-bond acceptors (Lipinski definition) is 3. The van der Waals surface area contributed by atoms with Gasteiger partial charge in [0.25, 0.3) is 0 Å². The molecule has 0 spiro atoms. The number of thioether (sulfide) groups is 1. The molecule has 4 heteroatoms. The van der Waals surface area contributed by atoms with Crippen LogP contribution in [0.5, 0.6) is 0 Å². The number of aromatic carboxylic acids is 1. The summed E-state index contributed by atoms with van der Waals surface area (Å²) < 4.78 is 5.09. The lowest BCUT2D eigenvalue weighted by atomic mass is 10.3. The Morgan fingerprint density at radius 2 is 2.36 bits per heavy atom. The molecule has 3 nitrogen and oxygen atoms in total. The molecule has 1 heterocycles. The summed E-state index contributed by atoms with van der Waals surface area (Å²) in [5.41, 5.74) is 0.270. The van der Waals surface area contributed by atoms with Crippen LogP contribution < -0.4 is 0 Å². The monoisotopic (exact) mass is 214 g/mol. The molecule has 0 radical (unpaired) electrons. The van der Waals surface area contributed by atoms with Crippen LogP contribution in [0.4, 0.5) is 0 Å². The predicted molar refractivity (Wildman–Crippen MR) is 55.9 cm³/mol. The van der Waals surface area contributed by atoms with Gasteiger partial charge in [0, 0.05) is 5.75 Å². The standard InChI is InChI=1S/C10H14O3S/c1-2-3-4-7-14-10-8(9(11)12)5-6-13-10/h5-6H,2-4,7H2,1H3,(H,11,12). The molecular weight excluding hydrogens is 200 g/mol. The Bertz CT molecular complexity index is 293. The Balaban J connectivity index is 2.42. The van der Waals surface area contributed by atoms with E-state index in [9.17, 15) is 4.79 Å². The van der Waals surface area contributed by atoms with E-state index in [1.807, 2.05) is 0 Å². The highest BCUT2D eigenvalue weighted by atomic mass is 32.2. The predicted octanol–water partition coefficient (Wildman–Crippen LogP) is 3.26. The summed E-state index contributed by atoms with van der Waals surface area (Å²) in [6, 6.07) is 1.49. The maximum Gasteiger partial charge on any atom is 0.340 e. The molecule has 0 bridgehead atoms. The molecule has 0 unspecified atom stereocenters. The summed E-state index contributed by atoms with van der Waals surface area (Å²) in [5, 5.41) is 9.31. The Kier molecular flexibility index (Phi) is 4.59. The molecule has 1 aromatic heterocycles. The van der Waals surface area contributed by atoms with Crippen molar-refractivity contribution in [3.05, 3.63) is 17.9 Å². The van der Waals surface area contributed by atoms with E-state index in [1.165, 1.54) is 36.9 Å². The van der Waals surface area contributed by atoms with Crippen LogP contribution in [0.25, 0.3) is 0 Å². The zero-order chi connectivity index (χ0) is 10.4. The Morgan fingerprint density at radius 3 is 3.00 bits per heavy atom. The Labute approximate surface area is 87.5 Å². The quantitative estimate of drug-likeness (QED) is 0.583. The summed E-state index contributed by atoms with van der Waals surface area (Å²) in [4.78, 5) is 10.7. The van der Waals surface area contributed by atoms with Gasteiger partial charge in [0.15, 0.2) is 5.09 Å². The molecular formula is C10H14O3S. The van der Waals surface area contributed by atoms with Gasteiger partial charge in [0.2, 0.25) is 0 Å². The Morgan fingerprint density at radius 1 is 1.57 bits per heavy atom. The van der Waals surface area contributed by atoms with Gasteiger partial charge in [-0.1, -0.05) is 31.5 Å². The third kappa shape index (κ3) is 3.10. The molecule has 0 aliphatic rings. The van der Waals surface area contributed by atoms with Crippen molar-refractivity contribution in [3.63, 3.8) is 0 Å². The van der Waals surface area contributed by atoms with E-state index in [4.69, 9.17) is 9.52 Å². The van der Waals surface area contributed by atoms with E-state index < -0.39 is 5.97 Å². The second kappa shape index (κ2) is 5.75. The maximum atomic E-state index is 10.7. The third-order valence-corrected chi connectivity index (χ3v) is 2.91. The van der Waals surface area contributed by atoms with Crippen LogP contribution in [-0.4, -0.2) is 16.8 Å². The van der Waals surface area contributed by atoms with E-state index in [0.717, 1.165) is 12.2 Å². The van der Waals surface area contributed by atoms with Crippen molar-refractivity contribution >= 4 is 17.7 Å². The summed E-state index contributed by atoms with van der Waals surface area (Å²) >= 11 is 1.47. The van der Waals surface area contributed by atoms with Gasteiger partial charge in [-0.25, -0.2) is 4.79 Å². The lowest BCUT2D eigenvalue weighted by molar-refractivity contribution is 0.0690. The zero-order valence-corrected chi connectivity index (χ0v) is 8.97. The smallest absolute Gasteiger partial charge is 0.340 e. The lowest BCUT2D eigenvalue weighted by Crippen LogP contribution is -1.95. The molecule has 1 N–H and O–H groups in total.